The molecule has 0 aliphatic heterocycles. The number of ether oxygens (including phenoxy) is 1. The maximum atomic E-state index is 13.6. The number of hydrogen-bond donors (Lipinski definition) is 2. The third-order valence-electron chi connectivity index (χ3n) is 6.10. The van der Waals surface area contributed by atoms with E-state index < -0.39 is 15.8 Å². The van der Waals surface area contributed by atoms with Crippen LogP contribution in [0, 0.1) is 5.82 Å². The lowest BCUT2D eigenvalue weighted by atomic mass is 10.1. The van der Waals surface area contributed by atoms with Crippen LogP contribution in [0.5, 0.6) is 5.88 Å². The van der Waals surface area contributed by atoms with E-state index in [-0.39, 0.29) is 22.5 Å². The fourth-order valence-electron chi connectivity index (χ4n) is 4.28. The Morgan fingerprint density at radius 2 is 1.78 bits per heavy atom. The number of rotatable bonds is 7. The first-order valence-corrected chi connectivity index (χ1v) is 12.9. The number of pyridine rings is 1. The molecular weight excluding hydrogens is 493 g/mol. The van der Waals surface area contributed by atoms with Crippen LogP contribution >= 0.6 is 0 Å². The quantitative estimate of drug-likeness (QED) is 0.305. The molecule has 0 radical (unpaired) electrons. The Morgan fingerprint density at radius 3 is 2.51 bits per heavy atom. The van der Waals surface area contributed by atoms with Crippen LogP contribution in [0.15, 0.2) is 90.0 Å². The summed E-state index contributed by atoms with van der Waals surface area (Å²) >= 11 is 0. The summed E-state index contributed by atoms with van der Waals surface area (Å²) in [6.07, 6.45) is 1.53. The van der Waals surface area contributed by atoms with Crippen molar-refractivity contribution in [3.63, 3.8) is 0 Å². The largest absolute Gasteiger partial charge is 0.480 e. The molecule has 0 saturated heterocycles. The molecule has 0 spiro atoms. The number of halogens is 1. The van der Waals surface area contributed by atoms with Crippen molar-refractivity contribution >= 4 is 32.7 Å². The van der Waals surface area contributed by atoms with E-state index in [2.05, 4.69) is 14.7 Å². The van der Waals surface area contributed by atoms with Crippen LogP contribution in [-0.4, -0.2) is 30.1 Å². The standard InChI is InChI=1S/C27H24FN5O3S/c1-17(18-7-4-3-5-8-18)33-24-13-19(11-12-23(24)31-27(33)29)20-14-25(26(36-2)30-16-20)37(34,35)32-22-10-6-9-21(28)15-22/h3-17,32H,1-2H3,(H2,29,31). The van der Waals surface area contributed by atoms with Crippen LogP contribution in [0.2, 0.25) is 0 Å². The molecule has 0 bridgehead atoms. The van der Waals surface area contributed by atoms with Gasteiger partial charge in [-0.05, 0) is 54.4 Å². The Hall–Kier alpha value is -4.44. The summed E-state index contributed by atoms with van der Waals surface area (Å²) in [5, 5.41) is 0. The second kappa shape index (κ2) is 9.55. The van der Waals surface area contributed by atoms with Gasteiger partial charge in [0.2, 0.25) is 11.8 Å². The minimum Gasteiger partial charge on any atom is -0.480 e. The number of hydrogen-bond acceptors (Lipinski definition) is 6. The lowest BCUT2D eigenvalue weighted by molar-refractivity contribution is 0.385. The normalized spacial score (nSPS) is 12.4. The first-order chi connectivity index (χ1) is 17.8. The Kier molecular flexibility index (Phi) is 6.26. The van der Waals surface area contributed by atoms with Gasteiger partial charge in [0.15, 0.2) is 0 Å². The smallest absolute Gasteiger partial charge is 0.267 e. The van der Waals surface area contributed by atoms with E-state index in [0.29, 0.717) is 22.6 Å². The zero-order valence-corrected chi connectivity index (χ0v) is 20.9. The molecule has 5 aromatic rings. The molecule has 2 heterocycles. The first kappa shape index (κ1) is 24.3. The molecule has 0 amide bonds. The van der Waals surface area contributed by atoms with Gasteiger partial charge < -0.3 is 15.0 Å². The molecule has 0 fully saturated rings. The Labute approximate surface area is 213 Å². The van der Waals surface area contributed by atoms with E-state index in [9.17, 15) is 12.8 Å². The highest BCUT2D eigenvalue weighted by Gasteiger charge is 2.23. The van der Waals surface area contributed by atoms with E-state index in [4.69, 9.17) is 10.5 Å². The molecule has 3 N–H and O–H groups in total. The third kappa shape index (κ3) is 4.70. The van der Waals surface area contributed by atoms with E-state index in [1.165, 1.54) is 37.6 Å². The van der Waals surface area contributed by atoms with Gasteiger partial charge >= 0.3 is 0 Å². The molecule has 8 nitrogen and oxygen atoms in total. The first-order valence-electron chi connectivity index (χ1n) is 11.4. The highest BCUT2D eigenvalue weighted by atomic mass is 32.2. The molecule has 37 heavy (non-hydrogen) atoms. The number of nitrogens with zero attached hydrogens (tertiary/aromatic N) is 3. The van der Waals surface area contributed by atoms with Crippen LogP contribution in [0.4, 0.5) is 16.0 Å². The molecule has 1 atom stereocenters. The topological polar surface area (TPSA) is 112 Å². The SMILES string of the molecule is COc1ncc(-c2ccc3nc(N)n(C(C)c4ccccc4)c3c2)cc1S(=O)(=O)Nc1cccc(F)c1. The van der Waals surface area contributed by atoms with Gasteiger partial charge in [-0.1, -0.05) is 42.5 Å². The summed E-state index contributed by atoms with van der Waals surface area (Å²) in [7, 11) is -2.81. The summed E-state index contributed by atoms with van der Waals surface area (Å²) in [5.41, 5.74) is 10.2. The van der Waals surface area contributed by atoms with Crippen molar-refractivity contribution in [3.05, 3.63) is 96.4 Å². The van der Waals surface area contributed by atoms with Crippen molar-refractivity contribution in [1.29, 1.82) is 0 Å². The maximum Gasteiger partial charge on any atom is 0.267 e. The van der Waals surface area contributed by atoms with Crippen molar-refractivity contribution < 1.29 is 17.5 Å². The zero-order valence-electron chi connectivity index (χ0n) is 20.1. The number of nitrogen functional groups attached to an aromatic ring is 1. The van der Waals surface area contributed by atoms with Crippen molar-refractivity contribution in [3.8, 4) is 17.0 Å². The number of sulfonamides is 1. The van der Waals surface area contributed by atoms with E-state index >= 15 is 0 Å². The molecule has 0 aliphatic carbocycles. The van der Waals surface area contributed by atoms with Crippen molar-refractivity contribution in [2.24, 2.45) is 0 Å². The number of nitrogens with one attached hydrogen (secondary N) is 1. The number of aromatic nitrogens is 3. The maximum absolute atomic E-state index is 13.6. The highest BCUT2D eigenvalue weighted by Crippen LogP contribution is 2.33. The molecule has 0 saturated carbocycles. The summed E-state index contributed by atoms with van der Waals surface area (Å²) in [5.74, 6) is -0.271. The van der Waals surface area contributed by atoms with Crippen molar-refractivity contribution in [2.75, 3.05) is 17.6 Å². The predicted octanol–water partition coefficient (Wildman–Crippen LogP) is 5.24. The fourth-order valence-corrected chi connectivity index (χ4v) is 5.47. The van der Waals surface area contributed by atoms with Gasteiger partial charge in [0.25, 0.3) is 10.0 Å². The average Bonchev–Trinajstić information content (AvgIpc) is 3.23. The Bertz CT molecular complexity index is 1700. The molecule has 10 heteroatoms. The minimum absolute atomic E-state index is 0.0816. The molecule has 5 rings (SSSR count). The predicted molar refractivity (Wildman–Crippen MR) is 141 cm³/mol. The second-order valence-electron chi connectivity index (χ2n) is 8.48. The number of imidazole rings is 1. The Balaban J connectivity index is 1.58. The number of benzene rings is 3. The number of methoxy groups -OCH3 is 1. The van der Waals surface area contributed by atoms with Gasteiger partial charge in [-0.3, -0.25) is 4.72 Å². The highest BCUT2D eigenvalue weighted by molar-refractivity contribution is 7.92. The van der Waals surface area contributed by atoms with E-state index in [1.54, 1.807) is 0 Å². The van der Waals surface area contributed by atoms with Crippen LogP contribution in [0.1, 0.15) is 18.5 Å². The fraction of sp³-hybridized carbons (Fsp3) is 0.111. The van der Waals surface area contributed by atoms with E-state index in [1.807, 2.05) is 60.0 Å². The summed E-state index contributed by atoms with van der Waals surface area (Å²) in [6.45, 7) is 2.04. The van der Waals surface area contributed by atoms with Crippen molar-refractivity contribution in [2.45, 2.75) is 17.9 Å². The monoisotopic (exact) mass is 517 g/mol. The molecule has 188 valence electrons. The summed E-state index contributed by atoms with van der Waals surface area (Å²) in [4.78, 5) is 8.55. The van der Waals surface area contributed by atoms with Crippen LogP contribution in [0.25, 0.3) is 22.2 Å². The second-order valence-corrected chi connectivity index (χ2v) is 10.1. The molecule has 0 aliphatic rings. The minimum atomic E-state index is -4.14. The van der Waals surface area contributed by atoms with Gasteiger partial charge in [-0.2, -0.15) is 0 Å². The van der Waals surface area contributed by atoms with Crippen LogP contribution in [-0.2, 0) is 10.0 Å². The van der Waals surface area contributed by atoms with Crippen LogP contribution < -0.4 is 15.2 Å². The summed E-state index contributed by atoms with van der Waals surface area (Å²) < 4.78 is 49.6. The van der Waals surface area contributed by atoms with Gasteiger partial charge in [-0.15, -0.1) is 0 Å². The molecule has 3 aromatic carbocycles. The van der Waals surface area contributed by atoms with Gasteiger partial charge in [0, 0.05) is 11.8 Å². The molecule has 2 aromatic heterocycles. The van der Waals surface area contributed by atoms with E-state index in [0.717, 1.165) is 17.1 Å². The number of nitrogens with two attached hydrogens (primary N) is 1. The average molecular weight is 518 g/mol. The van der Waals surface area contributed by atoms with Crippen molar-refractivity contribution in [1.82, 2.24) is 14.5 Å². The lowest BCUT2D eigenvalue weighted by Crippen LogP contribution is -2.15. The summed E-state index contributed by atoms with van der Waals surface area (Å²) in [6, 6.07) is 22.1. The zero-order chi connectivity index (χ0) is 26.2. The molecular formula is C27H24FN5O3S. The number of fused-ring (bicyclic) bond motifs is 1. The van der Waals surface area contributed by atoms with Gasteiger partial charge in [0.05, 0.1) is 29.9 Å². The molecule has 1 unspecified atom stereocenters. The van der Waals surface area contributed by atoms with Crippen LogP contribution in [0.3, 0.4) is 0 Å². The third-order valence-corrected chi connectivity index (χ3v) is 7.47. The number of anilines is 2. The lowest BCUT2D eigenvalue weighted by Gasteiger charge is -2.17. The van der Waals surface area contributed by atoms with Gasteiger partial charge in [-0.25, -0.2) is 22.8 Å². The Morgan fingerprint density at radius 1 is 1.00 bits per heavy atom. The van der Waals surface area contributed by atoms with Gasteiger partial charge in [0.1, 0.15) is 10.7 Å².